The van der Waals surface area contributed by atoms with Crippen LogP contribution in [-0.4, -0.2) is 111 Å². The Hall–Kier alpha value is -0.880. The third-order valence-corrected chi connectivity index (χ3v) is 4.70. The number of allylic oxidation sites excluding steroid dienone is 2. The van der Waals surface area contributed by atoms with Crippen molar-refractivity contribution in [3.63, 3.8) is 0 Å². The van der Waals surface area contributed by atoms with E-state index in [4.69, 9.17) is 5.11 Å². The average Bonchev–Trinajstić information content (AvgIpc) is 2.79. The smallest absolute Gasteiger partial charge is 0.875 e. The number of nitrogens with one attached hydrogen (secondary N) is 4. The molecule has 11 heteroatoms. The van der Waals surface area contributed by atoms with Gasteiger partial charge in [0.05, 0.1) is 12.5 Å². The van der Waals surface area contributed by atoms with Crippen LogP contribution in [0.2, 0.25) is 0 Å². The van der Waals surface area contributed by atoms with Crippen LogP contribution < -0.4 is 31.5 Å². The molecule has 0 aliphatic heterocycles. The van der Waals surface area contributed by atoms with Crippen LogP contribution in [0.25, 0.3) is 0 Å². The second-order valence-electron chi connectivity index (χ2n) is 8.01. The summed E-state index contributed by atoms with van der Waals surface area (Å²) in [5.41, 5.74) is 0. The zero-order valence-corrected chi connectivity index (χ0v) is 24.2. The Kier molecular flexibility index (Phi) is 30.6. The summed E-state index contributed by atoms with van der Waals surface area (Å²) in [6.45, 7) is 10.3. The van der Waals surface area contributed by atoms with E-state index in [1.807, 2.05) is 6.08 Å². The fraction of sp³-hybridized carbons (Fsp3) is 0.750. The summed E-state index contributed by atoms with van der Waals surface area (Å²) in [5.74, 6) is -1.53. The maximum absolute atomic E-state index is 11.3. The summed E-state index contributed by atoms with van der Waals surface area (Å²) in [6.07, 6.45) is 9.58. The largest absolute Gasteiger partial charge is 2.00 e. The summed E-state index contributed by atoms with van der Waals surface area (Å²) in [4.78, 5) is 20.9. The third-order valence-electron chi connectivity index (χ3n) is 4.70. The number of hydrogen-bond acceptors (Lipinski definition) is 9. The Morgan fingerprint density at radius 1 is 0.800 bits per heavy atom. The molecule has 0 fully saturated rings. The molecule has 0 rings (SSSR count). The molecular weight excluding hydrogens is 480 g/mol. The van der Waals surface area contributed by atoms with Crippen molar-refractivity contribution in [3.8, 4) is 0 Å². The average molecular weight is 527 g/mol. The van der Waals surface area contributed by atoms with Gasteiger partial charge in [-0.3, -0.25) is 4.79 Å². The first-order chi connectivity index (χ1) is 16.1. The monoisotopic (exact) mass is 526 g/mol. The molecule has 0 saturated heterocycles. The molecule has 10 nitrogen and oxygen atoms in total. The molecular formula is C24H46CaN4O6. The normalized spacial score (nSPS) is 13.3. The Morgan fingerprint density at radius 2 is 1.29 bits per heavy atom. The van der Waals surface area contributed by atoms with Gasteiger partial charge in [-0.25, -0.2) is 0 Å². The van der Waals surface area contributed by atoms with Crippen molar-refractivity contribution in [1.29, 1.82) is 0 Å². The number of rotatable bonds is 20. The van der Waals surface area contributed by atoms with Gasteiger partial charge in [0.1, 0.15) is 11.8 Å². The molecule has 0 aromatic heterocycles. The number of unbranched alkanes of at least 4 members (excludes halogenated alkanes) is 4. The first-order valence-corrected chi connectivity index (χ1v) is 12.2. The number of hydrogen-bond donors (Lipinski definition) is 6. The zero-order valence-electron chi connectivity index (χ0n) is 22.0. The van der Waals surface area contributed by atoms with Crippen molar-refractivity contribution in [3.05, 3.63) is 23.7 Å². The van der Waals surface area contributed by atoms with E-state index in [0.717, 1.165) is 38.5 Å². The first kappa shape index (κ1) is 38.6. The van der Waals surface area contributed by atoms with E-state index in [9.17, 15) is 24.9 Å². The number of aliphatic hydroxyl groups is 1. The van der Waals surface area contributed by atoms with Crippen LogP contribution in [0.5, 0.6) is 0 Å². The van der Waals surface area contributed by atoms with Crippen LogP contribution in [0.15, 0.2) is 23.7 Å². The molecule has 0 amide bonds. The van der Waals surface area contributed by atoms with Gasteiger partial charge in [0, 0.05) is 38.8 Å². The van der Waals surface area contributed by atoms with E-state index in [1.54, 1.807) is 13.0 Å². The minimum Gasteiger partial charge on any atom is -0.875 e. The predicted molar refractivity (Wildman–Crippen MR) is 137 cm³/mol. The molecule has 0 aliphatic rings. The first-order valence-electron chi connectivity index (χ1n) is 12.2. The number of carboxylic acids is 2. The van der Waals surface area contributed by atoms with E-state index in [-0.39, 0.29) is 43.5 Å². The third kappa shape index (κ3) is 29.2. The fourth-order valence-electron chi connectivity index (χ4n) is 2.44. The number of carbonyl (C=O) groups excluding carboxylic acids is 1. The van der Waals surface area contributed by atoms with Gasteiger partial charge >= 0.3 is 43.7 Å². The Balaban J connectivity index is -0.000000569. The van der Waals surface area contributed by atoms with Crippen molar-refractivity contribution < 1.29 is 30.0 Å². The number of aliphatic carboxylic acids is 2. The van der Waals surface area contributed by atoms with E-state index in [1.165, 1.54) is 6.92 Å². The minimum atomic E-state index is -1.12. The van der Waals surface area contributed by atoms with Crippen LogP contribution in [0.3, 0.4) is 0 Å². The summed E-state index contributed by atoms with van der Waals surface area (Å²) < 4.78 is 0. The molecule has 0 saturated carbocycles. The summed E-state index contributed by atoms with van der Waals surface area (Å²) in [6, 6.07) is -1.20. The van der Waals surface area contributed by atoms with Crippen LogP contribution in [-0.2, 0) is 9.59 Å². The van der Waals surface area contributed by atoms with Gasteiger partial charge in [0.2, 0.25) is 0 Å². The van der Waals surface area contributed by atoms with Crippen LogP contribution in [0.1, 0.15) is 66.2 Å². The van der Waals surface area contributed by atoms with Gasteiger partial charge < -0.3 is 46.5 Å². The van der Waals surface area contributed by atoms with Gasteiger partial charge in [-0.1, -0.05) is 39.2 Å². The van der Waals surface area contributed by atoms with E-state index >= 15 is 0 Å². The Bertz CT molecular complexity index is 540. The predicted octanol–water partition coefficient (Wildman–Crippen LogP) is -0.372. The molecule has 2 atom stereocenters. The second-order valence-corrected chi connectivity index (χ2v) is 8.01. The summed E-state index contributed by atoms with van der Waals surface area (Å²) in [5, 5.41) is 51.3. The quantitative estimate of drug-likeness (QED) is 0.0699. The molecule has 0 aromatic carbocycles. The van der Waals surface area contributed by atoms with E-state index in [2.05, 4.69) is 35.1 Å². The molecule has 0 aliphatic carbocycles. The van der Waals surface area contributed by atoms with Crippen molar-refractivity contribution in [2.45, 2.75) is 78.3 Å². The fourth-order valence-corrected chi connectivity index (χ4v) is 2.44. The molecule has 0 spiro atoms. The van der Waals surface area contributed by atoms with Crippen LogP contribution in [0, 0.1) is 0 Å². The number of aliphatic hydroxyl groups excluding tert-OH is 1. The molecule has 6 N–H and O–H groups in total. The molecule has 0 radical (unpaired) electrons. The van der Waals surface area contributed by atoms with Crippen molar-refractivity contribution in [1.82, 2.24) is 21.3 Å². The van der Waals surface area contributed by atoms with Crippen molar-refractivity contribution >= 4 is 49.7 Å². The Labute approximate surface area is 241 Å². The Morgan fingerprint density at radius 3 is 1.77 bits per heavy atom. The number of carboxylic acid groups (broad SMARTS) is 2. The van der Waals surface area contributed by atoms with Gasteiger partial charge in [-0.2, -0.15) is 0 Å². The molecule has 0 heterocycles. The van der Waals surface area contributed by atoms with Crippen molar-refractivity contribution in [2.75, 3.05) is 39.3 Å². The maximum Gasteiger partial charge on any atom is 2.00 e. The molecule has 2 unspecified atom stereocenters. The van der Waals surface area contributed by atoms with Crippen LogP contribution >= 0.6 is 0 Å². The molecule has 35 heavy (non-hydrogen) atoms. The SMILES string of the molecule is CCCC/C=C(\O)CNCCNC(C)C(=O)O.CCCC/C=C(\[O-])CNCCNC(C)C(=O)[O-].[Ca+2]. The van der Waals surface area contributed by atoms with E-state index in [0.29, 0.717) is 45.0 Å². The topological polar surface area (TPSA) is 169 Å². The molecule has 0 bridgehead atoms. The summed E-state index contributed by atoms with van der Waals surface area (Å²) in [7, 11) is 0. The second kappa shape index (κ2) is 27.7. The van der Waals surface area contributed by atoms with Crippen molar-refractivity contribution in [2.24, 2.45) is 0 Å². The summed E-state index contributed by atoms with van der Waals surface area (Å²) >= 11 is 0. The van der Waals surface area contributed by atoms with E-state index < -0.39 is 24.0 Å². The van der Waals surface area contributed by atoms with Gasteiger partial charge in [0.15, 0.2) is 0 Å². The standard InChI is InChI=1S/2C12H24N2O3.Ca/c2*1-3-4-5-6-11(15)9-13-7-8-14-10(2)12(16)17;/h2*6,10,13-15H,3-5,7-9H2,1-2H3,(H,16,17);/q;;+2/p-2/b2*11-6-;. The van der Waals surface area contributed by atoms with Gasteiger partial charge in [-0.15, -0.1) is 5.76 Å². The molecule has 200 valence electrons. The maximum atomic E-state index is 11.3. The molecule has 0 aromatic rings. The van der Waals surface area contributed by atoms with Gasteiger partial charge in [-0.05, 0) is 39.2 Å². The van der Waals surface area contributed by atoms with Crippen LogP contribution in [0.4, 0.5) is 0 Å². The minimum absolute atomic E-state index is 0. The van der Waals surface area contributed by atoms with Gasteiger partial charge in [0.25, 0.3) is 0 Å². The zero-order chi connectivity index (χ0) is 26.2. The number of carbonyl (C=O) groups is 2.